The minimum absolute atomic E-state index is 0.0219. The zero-order valence-electron chi connectivity index (χ0n) is 16.8. The highest BCUT2D eigenvalue weighted by atomic mass is 32.2. The Hall–Kier alpha value is -2.58. The van der Waals surface area contributed by atoms with Gasteiger partial charge in [-0.1, -0.05) is 25.1 Å². The Morgan fingerprint density at radius 1 is 1.03 bits per heavy atom. The van der Waals surface area contributed by atoms with Gasteiger partial charge in [-0.2, -0.15) is 0 Å². The van der Waals surface area contributed by atoms with Gasteiger partial charge in [-0.3, -0.25) is 4.72 Å². The van der Waals surface area contributed by atoms with E-state index in [9.17, 15) is 13.2 Å². The maximum Gasteiger partial charge on any atom is 0.338 e. The molecule has 1 aliphatic heterocycles. The van der Waals surface area contributed by atoms with Crippen LogP contribution in [0.15, 0.2) is 53.4 Å². The number of carbonyl (C=O) groups excluding carboxylic acids is 1. The number of para-hydroxylation sites is 2. The molecule has 2 aromatic rings. The van der Waals surface area contributed by atoms with Crippen molar-refractivity contribution in [2.45, 2.75) is 18.7 Å². The van der Waals surface area contributed by atoms with Crippen LogP contribution in [-0.2, 0) is 14.8 Å². The molecule has 7 nitrogen and oxygen atoms in total. The van der Waals surface area contributed by atoms with Crippen molar-refractivity contribution in [3.8, 4) is 0 Å². The highest BCUT2D eigenvalue weighted by Gasteiger charge is 2.22. The zero-order chi connectivity index (χ0) is 20.9. The topological polar surface area (TPSA) is 78.9 Å². The number of sulfonamides is 1. The Kier molecular flexibility index (Phi) is 6.76. The summed E-state index contributed by atoms with van der Waals surface area (Å²) in [5, 5.41) is 0. The van der Waals surface area contributed by atoms with Crippen LogP contribution >= 0.6 is 0 Å². The molecule has 1 heterocycles. The van der Waals surface area contributed by atoms with Gasteiger partial charge in [0.2, 0.25) is 0 Å². The fourth-order valence-corrected chi connectivity index (χ4v) is 4.47. The molecule has 0 spiro atoms. The third-order valence-electron chi connectivity index (χ3n) is 4.96. The predicted molar refractivity (Wildman–Crippen MR) is 114 cm³/mol. The first-order chi connectivity index (χ1) is 13.9. The molecule has 0 radical (unpaired) electrons. The summed E-state index contributed by atoms with van der Waals surface area (Å²) in [4.78, 5) is 16.5. The van der Waals surface area contributed by atoms with Crippen molar-refractivity contribution < 1.29 is 17.9 Å². The van der Waals surface area contributed by atoms with Gasteiger partial charge in [0.15, 0.2) is 0 Å². The number of likely N-dealkylation sites (N-methyl/N-ethyl adjacent to an activating group) is 1. The highest BCUT2D eigenvalue weighted by Crippen LogP contribution is 2.29. The van der Waals surface area contributed by atoms with E-state index in [0.717, 1.165) is 38.4 Å². The van der Waals surface area contributed by atoms with Gasteiger partial charge in [0.1, 0.15) is 0 Å². The number of nitrogens with one attached hydrogen (secondary N) is 1. The minimum Gasteiger partial charge on any atom is -0.462 e. The number of anilines is 2. The average Bonchev–Trinajstić information content (AvgIpc) is 2.74. The summed E-state index contributed by atoms with van der Waals surface area (Å²) in [6, 6.07) is 13.3. The van der Waals surface area contributed by atoms with Gasteiger partial charge in [0, 0.05) is 26.2 Å². The van der Waals surface area contributed by atoms with Gasteiger partial charge >= 0.3 is 5.97 Å². The molecule has 1 aliphatic rings. The van der Waals surface area contributed by atoms with Crippen LogP contribution in [0.1, 0.15) is 24.2 Å². The van der Waals surface area contributed by atoms with Crippen molar-refractivity contribution in [2.24, 2.45) is 0 Å². The number of nitrogens with zero attached hydrogens (tertiary/aromatic N) is 2. The van der Waals surface area contributed by atoms with Crippen LogP contribution in [0.5, 0.6) is 0 Å². The zero-order valence-corrected chi connectivity index (χ0v) is 17.6. The molecule has 1 N–H and O–H groups in total. The van der Waals surface area contributed by atoms with E-state index in [4.69, 9.17) is 4.74 Å². The third kappa shape index (κ3) is 5.07. The molecule has 29 heavy (non-hydrogen) atoms. The summed E-state index contributed by atoms with van der Waals surface area (Å²) < 4.78 is 33.6. The number of carbonyl (C=O) groups is 1. The molecular weight excluding hydrogens is 390 g/mol. The van der Waals surface area contributed by atoms with E-state index < -0.39 is 16.0 Å². The smallest absolute Gasteiger partial charge is 0.338 e. The van der Waals surface area contributed by atoms with Crippen LogP contribution in [0, 0.1) is 0 Å². The maximum atomic E-state index is 13.0. The second-order valence-electron chi connectivity index (χ2n) is 6.79. The molecule has 0 aliphatic carbocycles. The van der Waals surface area contributed by atoms with Crippen molar-refractivity contribution in [3.05, 3.63) is 54.1 Å². The van der Waals surface area contributed by atoms with Gasteiger partial charge in [-0.15, -0.1) is 0 Å². The van der Waals surface area contributed by atoms with E-state index in [-0.39, 0.29) is 17.1 Å². The number of benzene rings is 2. The fraction of sp³-hybridized carbons (Fsp3) is 0.381. The molecule has 0 aromatic heterocycles. The Balaban J connectivity index is 1.83. The Bertz CT molecular complexity index is 954. The predicted octanol–water partition coefficient (Wildman–Crippen LogP) is 2.81. The lowest BCUT2D eigenvalue weighted by atomic mass is 10.2. The summed E-state index contributed by atoms with van der Waals surface area (Å²) in [6.07, 6.45) is 0. The first-order valence-electron chi connectivity index (χ1n) is 9.81. The van der Waals surface area contributed by atoms with E-state index in [0.29, 0.717) is 5.69 Å². The first-order valence-corrected chi connectivity index (χ1v) is 11.3. The van der Waals surface area contributed by atoms with Crippen molar-refractivity contribution in [1.29, 1.82) is 0 Å². The van der Waals surface area contributed by atoms with Crippen LogP contribution in [0.4, 0.5) is 11.4 Å². The molecule has 0 saturated carbocycles. The quantitative estimate of drug-likeness (QED) is 0.698. The lowest BCUT2D eigenvalue weighted by Gasteiger charge is -2.36. The van der Waals surface area contributed by atoms with Gasteiger partial charge in [-0.25, -0.2) is 13.2 Å². The van der Waals surface area contributed by atoms with Crippen molar-refractivity contribution in [1.82, 2.24) is 4.90 Å². The number of rotatable bonds is 7. The Morgan fingerprint density at radius 3 is 2.45 bits per heavy atom. The molecule has 0 bridgehead atoms. The first kappa shape index (κ1) is 21.1. The molecule has 0 amide bonds. The van der Waals surface area contributed by atoms with E-state index in [1.54, 1.807) is 19.1 Å². The molecule has 1 saturated heterocycles. The summed E-state index contributed by atoms with van der Waals surface area (Å²) >= 11 is 0. The standard InChI is InChI=1S/C21H27N3O4S/c1-3-23-12-14-24(15-13-23)20-11-6-5-10-19(20)22-29(26,27)18-9-7-8-17(16-18)21(25)28-4-2/h5-11,16,22H,3-4,12-15H2,1-2H3. The minimum atomic E-state index is -3.86. The third-order valence-corrected chi connectivity index (χ3v) is 6.33. The van der Waals surface area contributed by atoms with Gasteiger partial charge < -0.3 is 14.5 Å². The fourth-order valence-electron chi connectivity index (χ4n) is 3.35. The van der Waals surface area contributed by atoms with Gasteiger partial charge in [-0.05, 0) is 43.8 Å². The monoisotopic (exact) mass is 417 g/mol. The summed E-state index contributed by atoms with van der Waals surface area (Å²) in [6.45, 7) is 8.65. The lowest BCUT2D eigenvalue weighted by molar-refractivity contribution is 0.0526. The molecule has 0 unspecified atom stereocenters. The van der Waals surface area contributed by atoms with Crippen molar-refractivity contribution in [2.75, 3.05) is 49.0 Å². The molecule has 2 aromatic carbocycles. The molecule has 1 fully saturated rings. The summed E-state index contributed by atoms with van der Waals surface area (Å²) in [7, 11) is -3.86. The second-order valence-corrected chi connectivity index (χ2v) is 8.47. The molecule has 156 valence electrons. The van der Waals surface area contributed by atoms with Crippen LogP contribution in [-0.4, -0.2) is 58.6 Å². The summed E-state index contributed by atoms with van der Waals surface area (Å²) in [5.74, 6) is -0.543. The highest BCUT2D eigenvalue weighted by molar-refractivity contribution is 7.92. The lowest BCUT2D eigenvalue weighted by Crippen LogP contribution is -2.46. The Morgan fingerprint density at radius 2 is 1.76 bits per heavy atom. The van der Waals surface area contributed by atoms with Crippen LogP contribution in [0.3, 0.4) is 0 Å². The maximum absolute atomic E-state index is 13.0. The van der Waals surface area contributed by atoms with E-state index in [1.807, 2.05) is 12.1 Å². The van der Waals surface area contributed by atoms with Crippen LogP contribution < -0.4 is 9.62 Å². The molecule has 8 heteroatoms. The SMILES string of the molecule is CCOC(=O)c1cccc(S(=O)(=O)Nc2ccccc2N2CCN(CC)CC2)c1. The summed E-state index contributed by atoms with van der Waals surface area (Å²) in [5.41, 5.74) is 1.59. The van der Waals surface area contributed by atoms with Crippen LogP contribution in [0.2, 0.25) is 0 Å². The molecule has 3 rings (SSSR count). The number of esters is 1. The van der Waals surface area contributed by atoms with Gasteiger partial charge in [0.25, 0.3) is 10.0 Å². The van der Waals surface area contributed by atoms with E-state index in [1.165, 1.54) is 24.3 Å². The second kappa shape index (κ2) is 9.28. The Labute approximate surface area is 172 Å². The number of hydrogen-bond acceptors (Lipinski definition) is 6. The van der Waals surface area contributed by atoms with Crippen molar-refractivity contribution in [3.63, 3.8) is 0 Å². The molecular formula is C21H27N3O4S. The number of ether oxygens (including phenoxy) is 1. The molecule has 0 atom stereocenters. The van der Waals surface area contributed by atoms with Gasteiger partial charge in [0.05, 0.1) is 28.4 Å². The van der Waals surface area contributed by atoms with Crippen molar-refractivity contribution >= 4 is 27.4 Å². The normalized spacial score (nSPS) is 15.2. The van der Waals surface area contributed by atoms with E-state index >= 15 is 0 Å². The van der Waals surface area contributed by atoms with Crippen LogP contribution in [0.25, 0.3) is 0 Å². The number of hydrogen-bond donors (Lipinski definition) is 1. The van der Waals surface area contributed by atoms with E-state index in [2.05, 4.69) is 21.4 Å². The number of piperazine rings is 1. The average molecular weight is 418 g/mol. The largest absolute Gasteiger partial charge is 0.462 e.